The SMILES string of the molecule is COc1ccc(-n2c(SCC(=O)NN)nc3ccccc3c2=O)cc1. The summed E-state index contributed by atoms with van der Waals surface area (Å²) >= 11 is 1.14. The zero-order valence-corrected chi connectivity index (χ0v) is 14.2. The van der Waals surface area contributed by atoms with E-state index in [-0.39, 0.29) is 17.2 Å². The monoisotopic (exact) mass is 356 g/mol. The Labute approximate surface area is 147 Å². The van der Waals surface area contributed by atoms with Gasteiger partial charge in [-0.25, -0.2) is 10.8 Å². The first-order valence-corrected chi connectivity index (χ1v) is 8.41. The lowest BCUT2D eigenvalue weighted by Gasteiger charge is -2.13. The molecule has 0 radical (unpaired) electrons. The first kappa shape index (κ1) is 17.0. The number of ether oxygens (including phenoxy) is 1. The smallest absolute Gasteiger partial charge is 0.266 e. The minimum atomic E-state index is -0.353. The van der Waals surface area contributed by atoms with Crippen LogP contribution in [-0.4, -0.2) is 28.3 Å². The lowest BCUT2D eigenvalue weighted by Crippen LogP contribution is -2.32. The van der Waals surface area contributed by atoms with Gasteiger partial charge in [-0.2, -0.15) is 0 Å². The Kier molecular flexibility index (Phi) is 5.01. The maximum absolute atomic E-state index is 13.0. The van der Waals surface area contributed by atoms with Crippen LogP contribution in [0.3, 0.4) is 0 Å². The molecule has 1 heterocycles. The number of amides is 1. The molecule has 3 aromatic rings. The number of nitrogens with two attached hydrogens (primary N) is 1. The molecule has 7 nitrogen and oxygen atoms in total. The minimum Gasteiger partial charge on any atom is -0.497 e. The summed E-state index contributed by atoms with van der Waals surface area (Å²) in [4.78, 5) is 29.0. The van der Waals surface area contributed by atoms with Crippen LogP contribution in [0.25, 0.3) is 16.6 Å². The van der Waals surface area contributed by atoms with Crippen molar-refractivity contribution >= 4 is 28.6 Å². The zero-order chi connectivity index (χ0) is 17.8. The predicted octanol–water partition coefficient (Wildman–Crippen LogP) is 1.48. The molecule has 0 atom stereocenters. The summed E-state index contributed by atoms with van der Waals surface area (Å²) in [6.45, 7) is 0. The summed E-state index contributed by atoms with van der Waals surface area (Å²) in [5.41, 5.74) is 3.08. The molecule has 0 saturated carbocycles. The summed E-state index contributed by atoms with van der Waals surface area (Å²) in [7, 11) is 1.57. The van der Waals surface area contributed by atoms with Gasteiger partial charge in [0.2, 0.25) is 5.91 Å². The molecule has 25 heavy (non-hydrogen) atoms. The van der Waals surface area contributed by atoms with Gasteiger partial charge in [0.1, 0.15) is 5.75 Å². The first-order valence-electron chi connectivity index (χ1n) is 7.42. The van der Waals surface area contributed by atoms with Gasteiger partial charge >= 0.3 is 0 Å². The van der Waals surface area contributed by atoms with Crippen LogP contribution >= 0.6 is 11.8 Å². The average Bonchev–Trinajstić information content (AvgIpc) is 2.66. The number of nitrogens with one attached hydrogen (secondary N) is 1. The number of para-hydroxylation sites is 1. The summed E-state index contributed by atoms with van der Waals surface area (Å²) in [6.07, 6.45) is 0. The van der Waals surface area contributed by atoms with Gasteiger partial charge in [-0.05, 0) is 36.4 Å². The molecule has 1 aromatic heterocycles. The number of methoxy groups -OCH3 is 1. The quantitative estimate of drug-likeness (QED) is 0.236. The van der Waals surface area contributed by atoms with E-state index in [1.54, 1.807) is 49.6 Å². The van der Waals surface area contributed by atoms with Crippen molar-refractivity contribution in [3.8, 4) is 11.4 Å². The molecule has 3 N–H and O–H groups in total. The molecule has 128 valence electrons. The molecule has 8 heteroatoms. The fourth-order valence-corrected chi connectivity index (χ4v) is 3.16. The molecule has 0 saturated heterocycles. The number of hydrazine groups is 1. The van der Waals surface area contributed by atoms with Crippen molar-refractivity contribution in [2.45, 2.75) is 5.16 Å². The van der Waals surface area contributed by atoms with Crippen LogP contribution in [0.4, 0.5) is 0 Å². The second-order valence-electron chi connectivity index (χ2n) is 5.11. The van der Waals surface area contributed by atoms with Gasteiger partial charge in [0.05, 0.1) is 29.5 Å². The van der Waals surface area contributed by atoms with Crippen molar-refractivity contribution in [1.82, 2.24) is 15.0 Å². The van der Waals surface area contributed by atoms with Gasteiger partial charge in [-0.1, -0.05) is 23.9 Å². The third-order valence-electron chi connectivity index (χ3n) is 3.57. The standard InChI is InChI=1S/C17H16N4O3S/c1-24-12-8-6-11(7-9-12)21-16(23)13-4-2-3-5-14(13)19-17(21)25-10-15(22)20-18/h2-9H,10,18H2,1H3,(H,20,22). The van der Waals surface area contributed by atoms with Gasteiger partial charge < -0.3 is 4.74 Å². The molecule has 0 bridgehead atoms. The summed E-state index contributed by atoms with van der Waals surface area (Å²) < 4.78 is 6.64. The topological polar surface area (TPSA) is 99.2 Å². The minimum absolute atomic E-state index is 0.0530. The Balaban J connectivity index is 2.16. The molecule has 0 fully saturated rings. The van der Waals surface area contributed by atoms with E-state index in [1.807, 2.05) is 6.07 Å². The van der Waals surface area contributed by atoms with Crippen molar-refractivity contribution < 1.29 is 9.53 Å². The van der Waals surface area contributed by atoms with Gasteiger partial charge in [0.25, 0.3) is 5.56 Å². The predicted molar refractivity (Wildman–Crippen MR) is 96.9 cm³/mol. The second-order valence-corrected chi connectivity index (χ2v) is 6.05. The maximum atomic E-state index is 13.0. The van der Waals surface area contributed by atoms with Crippen LogP contribution in [0.15, 0.2) is 58.5 Å². The van der Waals surface area contributed by atoms with Crippen molar-refractivity contribution in [3.05, 3.63) is 58.9 Å². The van der Waals surface area contributed by atoms with Gasteiger partial charge in [0, 0.05) is 0 Å². The van der Waals surface area contributed by atoms with Crippen LogP contribution < -0.4 is 21.6 Å². The Hall–Kier alpha value is -2.84. The van der Waals surface area contributed by atoms with E-state index in [2.05, 4.69) is 10.4 Å². The highest BCUT2D eigenvalue weighted by atomic mass is 32.2. The molecule has 0 aliphatic carbocycles. The van der Waals surface area contributed by atoms with Gasteiger partial charge in [0.15, 0.2) is 5.16 Å². The van der Waals surface area contributed by atoms with Crippen LogP contribution in [0, 0.1) is 0 Å². The number of hydrogen-bond acceptors (Lipinski definition) is 6. The molecule has 0 aliphatic heterocycles. The van der Waals surface area contributed by atoms with Crippen LogP contribution in [0.5, 0.6) is 5.75 Å². The molecule has 0 aliphatic rings. The molecule has 0 spiro atoms. The number of carbonyl (C=O) groups excluding carboxylic acids is 1. The lowest BCUT2D eigenvalue weighted by molar-refractivity contribution is -0.118. The van der Waals surface area contributed by atoms with Gasteiger partial charge in [-0.3, -0.25) is 19.6 Å². The number of hydrogen-bond donors (Lipinski definition) is 2. The van der Waals surface area contributed by atoms with E-state index in [0.717, 1.165) is 11.8 Å². The Bertz CT molecular complexity index is 970. The van der Waals surface area contributed by atoms with Crippen LogP contribution in [0.2, 0.25) is 0 Å². The van der Waals surface area contributed by atoms with E-state index in [0.29, 0.717) is 27.5 Å². The number of rotatable bonds is 5. The van der Waals surface area contributed by atoms with E-state index in [9.17, 15) is 9.59 Å². The number of benzene rings is 2. The average molecular weight is 356 g/mol. The Morgan fingerprint density at radius 2 is 1.96 bits per heavy atom. The molecule has 3 rings (SSSR count). The first-order chi connectivity index (χ1) is 12.1. The maximum Gasteiger partial charge on any atom is 0.266 e. The number of thioether (sulfide) groups is 1. The van der Waals surface area contributed by atoms with E-state index < -0.39 is 0 Å². The Morgan fingerprint density at radius 3 is 2.64 bits per heavy atom. The van der Waals surface area contributed by atoms with Crippen molar-refractivity contribution in [2.75, 3.05) is 12.9 Å². The number of nitrogens with zero attached hydrogens (tertiary/aromatic N) is 2. The third kappa shape index (κ3) is 3.49. The summed E-state index contributed by atoms with van der Waals surface area (Å²) in [5.74, 6) is 5.50. The lowest BCUT2D eigenvalue weighted by atomic mass is 10.2. The number of carbonyl (C=O) groups is 1. The highest BCUT2D eigenvalue weighted by Crippen LogP contribution is 2.22. The van der Waals surface area contributed by atoms with Crippen molar-refractivity contribution in [1.29, 1.82) is 0 Å². The zero-order valence-electron chi connectivity index (χ0n) is 13.4. The van der Waals surface area contributed by atoms with Crippen LogP contribution in [-0.2, 0) is 4.79 Å². The fraction of sp³-hybridized carbons (Fsp3) is 0.118. The Morgan fingerprint density at radius 1 is 1.24 bits per heavy atom. The second kappa shape index (κ2) is 7.37. The molecule has 1 amide bonds. The summed E-state index contributed by atoms with van der Waals surface area (Å²) in [6, 6.07) is 14.2. The molecule has 2 aromatic carbocycles. The summed E-state index contributed by atoms with van der Waals surface area (Å²) in [5, 5.41) is 0.920. The molecule has 0 unspecified atom stereocenters. The molecular weight excluding hydrogens is 340 g/mol. The fourth-order valence-electron chi connectivity index (χ4n) is 2.34. The normalized spacial score (nSPS) is 10.6. The van der Waals surface area contributed by atoms with E-state index >= 15 is 0 Å². The van der Waals surface area contributed by atoms with Crippen molar-refractivity contribution in [2.24, 2.45) is 5.84 Å². The third-order valence-corrected chi connectivity index (χ3v) is 4.51. The highest BCUT2D eigenvalue weighted by molar-refractivity contribution is 7.99. The van der Waals surface area contributed by atoms with Gasteiger partial charge in [-0.15, -0.1) is 0 Å². The number of aromatic nitrogens is 2. The van der Waals surface area contributed by atoms with E-state index in [4.69, 9.17) is 10.6 Å². The molecular formula is C17H16N4O3S. The number of fused-ring (bicyclic) bond motifs is 1. The largest absolute Gasteiger partial charge is 0.497 e. The van der Waals surface area contributed by atoms with Crippen LogP contribution in [0.1, 0.15) is 0 Å². The van der Waals surface area contributed by atoms with Crippen molar-refractivity contribution in [3.63, 3.8) is 0 Å². The van der Waals surface area contributed by atoms with E-state index in [1.165, 1.54) is 4.57 Å². The highest BCUT2D eigenvalue weighted by Gasteiger charge is 2.14.